The van der Waals surface area contributed by atoms with Gasteiger partial charge in [0.25, 0.3) is 0 Å². The Kier molecular flexibility index (Phi) is 6.95. The minimum absolute atomic E-state index is 0.0939. The topological polar surface area (TPSA) is 79.0 Å². The minimum atomic E-state index is -0.515. The molecule has 0 aromatic heterocycles. The largest absolute Gasteiger partial charge is 0.497 e. The second kappa shape index (κ2) is 9.63. The molecule has 1 saturated heterocycles. The van der Waals surface area contributed by atoms with E-state index in [1.54, 1.807) is 62.6 Å². The van der Waals surface area contributed by atoms with Crippen LogP contribution in [0.15, 0.2) is 48.5 Å². The molecule has 3 rings (SSSR count). The zero-order chi connectivity index (χ0) is 21.7. The molecular formula is C22H24ClN3O4. The van der Waals surface area contributed by atoms with E-state index in [0.717, 1.165) is 0 Å². The lowest BCUT2D eigenvalue weighted by molar-refractivity contribution is -0.138. The average Bonchev–Trinajstić information content (AvgIpc) is 3.13. The van der Waals surface area contributed by atoms with E-state index in [1.807, 2.05) is 0 Å². The molecule has 1 atom stereocenters. The van der Waals surface area contributed by atoms with Crippen molar-refractivity contribution in [2.45, 2.75) is 13.3 Å². The van der Waals surface area contributed by atoms with Crippen LogP contribution in [-0.4, -0.2) is 49.4 Å². The molecule has 0 radical (unpaired) electrons. The summed E-state index contributed by atoms with van der Waals surface area (Å²) in [6.07, 6.45) is 0.0953. The van der Waals surface area contributed by atoms with Gasteiger partial charge in [0, 0.05) is 31.3 Å². The molecule has 7 nitrogen and oxygen atoms in total. The Labute approximate surface area is 180 Å². The molecule has 3 amide bonds. The molecule has 1 heterocycles. The van der Waals surface area contributed by atoms with Crippen LogP contribution in [0.4, 0.5) is 11.4 Å². The Balaban J connectivity index is 1.63. The highest BCUT2D eigenvalue weighted by Crippen LogP contribution is 2.31. The number of amides is 3. The highest BCUT2D eigenvalue weighted by atomic mass is 35.5. The molecule has 0 aliphatic carbocycles. The number of rotatable bonds is 7. The molecule has 0 bridgehead atoms. The van der Waals surface area contributed by atoms with E-state index in [9.17, 15) is 14.4 Å². The molecule has 0 unspecified atom stereocenters. The van der Waals surface area contributed by atoms with Gasteiger partial charge in [0.05, 0.1) is 30.3 Å². The Morgan fingerprint density at radius 3 is 2.70 bits per heavy atom. The van der Waals surface area contributed by atoms with Crippen LogP contribution in [0.25, 0.3) is 0 Å². The van der Waals surface area contributed by atoms with Crippen LogP contribution in [0.2, 0.25) is 5.02 Å². The van der Waals surface area contributed by atoms with Crippen LogP contribution in [0, 0.1) is 5.92 Å². The zero-order valence-corrected chi connectivity index (χ0v) is 17.7. The van der Waals surface area contributed by atoms with Gasteiger partial charge in [-0.3, -0.25) is 14.4 Å². The first-order valence-corrected chi connectivity index (χ1v) is 10.1. The molecule has 158 valence electrons. The number of likely N-dealkylation sites (N-methyl/N-ethyl adjacent to an activating group) is 1. The fourth-order valence-electron chi connectivity index (χ4n) is 3.45. The van der Waals surface area contributed by atoms with E-state index in [0.29, 0.717) is 28.7 Å². The monoisotopic (exact) mass is 429 g/mol. The zero-order valence-electron chi connectivity index (χ0n) is 16.9. The summed E-state index contributed by atoms with van der Waals surface area (Å²) in [5, 5.41) is 3.23. The van der Waals surface area contributed by atoms with Crippen LogP contribution >= 0.6 is 11.6 Å². The quantitative estimate of drug-likeness (QED) is 0.733. The van der Waals surface area contributed by atoms with Crippen molar-refractivity contribution in [1.29, 1.82) is 0 Å². The van der Waals surface area contributed by atoms with Crippen molar-refractivity contribution >= 4 is 40.7 Å². The Bertz CT molecular complexity index is 949. The number of ether oxygens (including phenoxy) is 1. The summed E-state index contributed by atoms with van der Waals surface area (Å²) in [6, 6.07) is 14.0. The fourth-order valence-corrected chi connectivity index (χ4v) is 3.69. The van der Waals surface area contributed by atoms with Gasteiger partial charge in [-0.05, 0) is 31.2 Å². The molecule has 30 heavy (non-hydrogen) atoms. The van der Waals surface area contributed by atoms with Gasteiger partial charge >= 0.3 is 0 Å². The molecule has 1 N–H and O–H groups in total. The normalized spacial score (nSPS) is 15.8. The molecule has 1 aliphatic heterocycles. The minimum Gasteiger partial charge on any atom is -0.497 e. The maximum atomic E-state index is 13.0. The van der Waals surface area contributed by atoms with Crippen molar-refractivity contribution in [2.24, 2.45) is 5.92 Å². The van der Waals surface area contributed by atoms with E-state index in [-0.39, 0.29) is 37.2 Å². The molecule has 0 spiro atoms. The first-order chi connectivity index (χ1) is 14.4. The maximum Gasteiger partial charge on any atom is 0.243 e. The number of carbonyl (C=O) groups is 3. The van der Waals surface area contributed by atoms with E-state index >= 15 is 0 Å². The third kappa shape index (κ3) is 4.91. The number of nitrogens with one attached hydrogen (secondary N) is 1. The van der Waals surface area contributed by atoms with Crippen LogP contribution in [0.3, 0.4) is 0 Å². The summed E-state index contributed by atoms with van der Waals surface area (Å²) < 4.78 is 5.15. The van der Waals surface area contributed by atoms with Gasteiger partial charge in [0.2, 0.25) is 17.7 Å². The number of hydrogen-bond donors (Lipinski definition) is 1. The van der Waals surface area contributed by atoms with Gasteiger partial charge in [-0.1, -0.05) is 29.8 Å². The molecule has 2 aromatic rings. The molecule has 0 saturated carbocycles. The van der Waals surface area contributed by atoms with Crippen molar-refractivity contribution in [3.8, 4) is 5.75 Å². The first kappa shape index (κ1) is 21.6. The number of hydrogen-bond acceptors (Lipinski definition) is 4. The lowest BCUT2D eigenvalue weighted by Gasteiger charge is -2.24. The van der Waals surface area contributed by atoms with Crippen LogP contribution < -0.4 is 15.0 Å². The Hall–Kier alpha value is -3.06. The summed E-state index contributed by atoms with van der Waals surface area (Å²) in [5.41, 5.74) is 1.18. The van der Waals surface area contributed by atoms with Gasteiger partial charge in [-0.25, -0.2) is 0 Å². The van der Waals surface area contributed by atoms with Crippen molar-refractivity contribution in [1.82, 2.24) is 4.90 Å². The number of halogens is 1. The van der Waals surface area contributed by atoms with E-state index in [4.69, 9.17) is 16.3 Å². The van der Waals surface area contributed by atoms with E-state index < -0.39 is 5.92 Å². The van der Waals surface area contributed by atoms with Crippen molar-refractivity contribution in [3.63, 3.8) is 0 Å². The van der Waals surface area contributed by atoms with Crippen molar-refractivity contribution < 1.29 is 19.1 Å². The summed E-state index contributed by atoms with van der Waals surface area (Å²) in [5.74, 6) is -0.580. The SMILES string of the molecule is CCN(CC(=O)Nc1cccc(OC)c1)C(=O)[C@@H]1CC(=O)N(c2ccccc2Cl)C1. The molecule has 8 heteroatoms. The lowest BCUT2D eigenvalue weighted by atomic mass is 10.1. The Morgan fingerprint density at radius 2 is 2.00 bits per heavy atom. The van der Waals surface area contributed by atoms with Crippen LogP contribution in [0.5, 0.6) is 5.75 Å². The van der Waals surface area contributed by atoms with E-state index in [2.05, 4.69) is 5.32 Å². The van der Waals surface area contributed by atoms with Crippen molar-refractivity contribution in [3.05, 3.63) is 53.6 Å². The fraction of sp³-hybridized carbons (Fsp3) is 0.318. The number of carbonyl (C=O) groups excluding carboxylic acids is 3. The third-order valence-corrected chi connectivity index (χ3v) is 5.32. The maximum absolute atomic E-state index is 13.0. The van der Waals surface area contributed by atoms with E-state index in [1.165, 1.54) is 9.80 Å². The van der Waals surface area contributed by atoms with Gasteiger partial charge in [-0.15, -0.1) is 0 Å². The van der Waals surface area contributed by atoms with Gasteiger partial charge in [-0.2, -0.15) is 0 Å². The summed E-state index contributed by atoms with van der Waals surface area (Å²) in [6.45, 7) is 2.32. The average molecular weight is 430 g/mol. The Morgan fingerprint density at radius 1 is 1.23 bits per heavy atom. The number of para-hydroxylation sites is 1. The standard InChI is InChI=1S/C22H24ClN3O4/c1-3-25(14-20(27)24-16-7-6-8-17(12-16)30-2)22(29)15-11-21(28)26(13-15)19-10-5-4-9-18(19)23/h4-10,12,15H,3,11,13-14H2,1-2H3,(H,24,27)/t15-/m1/s1. The third-order valence-electron chi connectivity index (χ3n) is 5.00. The molecule has 2 aromatic carbocycles. The highest BCUT2D eigenvalue weighted by Gasteiger charge is 2.37. The van der Waals surface area contributed by atoms with Gasteiger partial charge in [0.1, 0.15) is 5.75 Å². The van der Waals surface area contributed by atoms with Gasteiger partial charge < -0.3 is 19.9 Å². The summed E-state index contributed by atoms with van der Waals surface area (Å²) >= 11 is 6.20. The molecule has 1 aliphatic rings. The predicted molar refractivity (Wildman–Crippen MR) is 116 cm³/mol. The number of nitrogens with zero attached hydrogens (tertiary/aromatic N) is 2. The van der Waals surface area contributed by atoms with Gasteiger partial charge in [0.15, 0.2) is 0 Å². The second-order valence-electron chi connectivity index (χ2n) is 6.99. The van der Waals surface area contributed by atoms with Crippen LogP contribution in [0.1, 0.15) is 13.3 Å². The highest BCUT2D eigenvalue weighted by molar-refractivity contribution is 6.33. The lowest BCUT2D eigenvalue weighted by Crippen LogP contribution is -2.42. The predicted octanol–water partition coefficient (Wildman–Crippen LogP) is 3.19. The molecule has 1 fully saturated rings. The number of methoxy groups -OCH3 is 1. The van der Waals surface area contributed by atoms with Crippen LogP contribution in [-0.2, 0) is 14.4 Å². The van der Waals surface area contributed by atoms with Crippen molar-refractivity contribution in [2.75, 3.05) is 37.0 Å². The number of anilines is 2. The smallest absolute Gasteiger partial charge is 0.243 e. The summed E-state index contributed by atoms with van der Waals surface area (Å²) in [7, 11) is 1.55. The molecular weight excluding hydrogens is 406 g/mol. The first-order valence-electron chi connectivity index (χ1n) is 9.70. The number of benzene rings is 2. The summed E-state index contributed by atoms with van der Waals surface area (Å²) in [4.78, 5) is 40.9. The second-order valence-corrected chi connectivity index (χ2v) is 7.40.